The minimum Gasteiger partial charge on any atom is -0.481 e. The number of methoxy groups -OCH3 is 1. The molecule has 1 heterocycles. The fraction of sp³-hybridized carbons (Fsp3) is 0.455. The number of hydrogen-bond acceptors (Lipinski definition) is 5. The van der Waals surface area contributed by atoms with Gasteiger partial charge in [-0.1, -0.05) is 0 Å². The number of nitrogens with zero attached hydrogens (tertiary/aromatic N) is 1. The van der Waals surface area contributed by atoms with Gasteiger partial charge in [-0.15, -0.1) is 0 Å². The van der Waals surface area contributed by atoms with Crippen LogP contribution in [0, 0.1) is 0 Å². The lowest BCUT2D eigenvalue weighted by atomic mass is 10.2. The molecule has 0 aliphatic rings. The van der Waals surface area contributed by atoms with Crippen LogP contribution < -0.4 is 10.1 Å². The summed E-state index contributed by atoms with van der Waals surface area (Å²) in [6.45, 7) is 1.59. The van der Waals surface area contributed by atoms with Crippen molar-refractivity contribution in [2.45, 2.75) is 18.7 Å². The fourth-order valence-electron chi connectivity index (χ4n) is 1.20. The number of ether oxygens (including phenoxy) is 1. The van der Waals surface area contributed by atoms with Gasteiger partial charge in [-0.05, 0) is 18.6 Å². The standard InChI is InChI=1S/C11H16N2O4S/c1-8(18(3,15)16)11(14)13-7-9-4-5-12-10(6-9)17-2/h4-6,8H,7H2,1-3H3,(H,13,14). The van der Waals surface area contributed by atoms with E-state index in [1.54, 1.807) is 18.3 Å². The molecule has 0 aliphatic carbocycles. The number of aromatic nitrogens is 1. The molecule has 0 aromatic carbocycles. The van der Waals surface area contributed by atoms with E-state index in [0.717, 1.165) is 11.8 Å². The molecule has 7 heteroatoms. The number of nitrogens with one attached hydrogen (secondary N) is 1. The molecule has 0 spiro atoms. The number of carbonyl (C=O) groups excluding carboxylic acids is 1. The number of carbonyl (C=O) groups is 1. The van der Waals surface area contributed by atoms with Crippen LogP contribution in [-0.2, 0) is 21.2 Å². The molecule has 1 N–H and O–H groups in total. The summed E-state index contributed by atoms with van der Waals surface area (Å²) >= 11 is 0. The first-order valence-corrected chi connectivity index (χ1v) is 7.25. The smallest absolute Gasteiger partial charge is 0.238 e. The molecule has 0 radical (unpaired) electrons. The third-order valence-corrected chi connectivity index (χ3v) is 3.99. The molecule has 1 unspecified atom stereocenters. The lowest BCUT2D eigenvalue weighted by Gasteiger charge is -2.10. The van der Waals surface area contributed by atoms with Crippen LogP contribution in [0.15, 0.2) is 18.3 Å². The van der Waals surface area contributed by atoms with E-state index < -0.39 is 21.0 Å². The van der Waals surface area contributed by atoms with Crippen molar-refractivity contribution in [3.63, 3.8) is 0 Å². The second kappa shape index (κ2) is 5.81. The first-order chi connectivity index (χ1) is 8.34. The molecule has 100 valence electrons. The zero-order chi connectivity index (χ0) is 13.8. The van der Waals surface area contributed by atoms with Crippen molar-refractivity contribution in [1.29, 1.82) is 0 Å². The van der Waals surface area contributed by atoms with E-state index >= 15 is 0 Å². The van der Waals surface area contributed by atoms with Gasteiger partial charge in [0.25, 0.3) is 0 Å². The fourth-order valence-corrected chi connectivity index (χ4v) is 1.67. The van der Waals surface area contributed by atoms with E-state index in [0.29, 0.717) is 5.88 Å². The summed E-state index contributed by atoms with van der Waals surface area (Å²) in [5.74, 6) is -0.0776. The maximum atomic E-state index is 11.6. The van der Waals surface area contributed by atoms with Crippen LogP contribution in [0.5, 0.6) is 5.88 Å². The molecule has 0 saturated carbocycles. The van der Waals surface area contributed by atoms with E-state index in [9.17, 15) is 13.2 Å². The van der Waals surface area contributed by atoms with Crippen molar-refractivity contribution in [3.05, 3.63) is 23.9 Å². The molecule has 0 aliphatic heterocycles. The Balaban J connectivity index is 2.63. The van der Waals surface area contributed by atoms with Gasteiger partial charge in [0.2, 0.25) is 11.8 Å². The molecule has 1 aromatic heterocycles. The van der Waals surface area contributed by atoms with Crippen LogP contribution in [0.4, 0.5) is 0 Å². The van der Waals surface area contributed by atoms with Crippen molar-refractivity contribution in [2.75, 3.05) is 13.4 Å². The van der Waals surface area contributed by atoms with Crippen LogP contribution in [0.2, 0.25) is 0 Å². The second-order valence-corrected chi connectivity index (χ2v) is 6.26. The topological polar surface area (TPSA) is 85.4 Å². The Morgan fingerprint density at radius 2 is 2.22 bits per heavy atom. The van der Waals surface area contributed by atoms with Gasteiger partial charge in [-0.2, -0.15) is 0 Å². The summed E-state index contributed by atoms with van der Waals surface area (Å²) in [5, 5.41) is 1.50. The van der Waals surface area contributed by atoms with E-state index in [1.807, 2.05) is 0 Å². The van der Waals surface area contributed by atoms with Crippen molar-refractivity contribution >= 4 is 15.7 Å². The highest BCUT2D eigenvalue weighted by Gasteiger charge is 2.22. The van der Waals surface area contributed by atoms with Crippen molar-refractivity contribution in [2.24, 2.45) is 0 Å². The molecular weight excluding hydrogens is 256 g/mol. The third-order valence-electron chi connectivity index (χ3n) is 2.49. The lowest BCUT2D eigenvalue weighted by molar-refractivity contribution is -0.120. The number of sulfone groups is 1. The van der Waals surface area contributed by atoms with Crippen LogP contribution in [0.3, 0.4) is 0 Å². The average molecular weight is 272 g/mol. The molecule has 1 atom stereocenters. The molecular formula is C11H16N2O4S. The molecule has 18 heavy (non-hydrogen) atoms. The van der Waals surface area contributed by atoms with Crippen LogP contribution in [-0.4, -0.2) is 37.9 Å². The van der Waals surface area contributed by atoms with Gasteiger partial charge in [-0.3, -0.25) is 4.79 Å². The molecule has 1 amide bonds. The highest BCUT2D eigenvalue weighted by molar-refractivity contribution is 7.92. The highest BCUT2D eigenvalue weighted by atomic mass is 32.2. The van der Waals surface area contributed by atoms with Crippen LogP contribution in [0.25, 0.3) is 0 Å². The monoisotopic (exact) mass is 272 g/mol. The van der Waals surface area contributed by atoms with Crippen molar-refractivity contribution in [3.8, 4) is 5.88 Å². The Hall–Kier alpha value is -1.63. The first kappa shape index (κ1) is 14.4. The number of hydrogen-bond donors (Lipinski definition) is 1. The molecule has 1 aromatic rings. The SMILES string of the molecule is COc1cc(CNC(=O)C(C)S(C)(=O)=O)ccn1. The number of pyridine rings is 1. The van der Waals surface area contributed by atoms with Crippen LogP contribution in [0.1, 0.15) is 12.5 Å². The Labute approximate surface area is 106 Å². The summed E-state index contributed by atoms with van der Waals surface area (Å²) in [5.41, 5.74) is 0.788. The molecule has 0 fully saturated rings. The number of amides is 1. The highest BCUT2D eigenvalue weighted by Crippen LogP contribution is 2.08. The average Bonchev–Trinajstić information content (AvgIpc) is 2.34. The normalized spacial score (nSPS) is 12.8. The number of rotatable bonds is 5. The van der Waals surface area contributed by atoms with Crippen molar-refractivity contribution < 1.29 is 17.9 Å². The minimum atomic E-state index is -3.37. The second-order valence-electron chi connectivity index (χ2n) is 3.90. The largest absolute Gasteiger partial charge is 0.481 e. The van der Waals surface area contributed by atoms with Gasteiger partial charge >= 0.3 is 0 Å². The minimum absolute atomic E-state index is 0.234. The summed E-state index contributed by atoms with van der Waals surface area (Å²) in [6, 6.07) is 3.39. The lowest BCUT2D eigenvalue weighted by Crippen LogP contribution is -2.37. The first-order valence-electron chi connectivity index (χ1n) is 5.30. The third kappa shape index (κ3) is 3.99. The van der Waals surface area contributed by atoms with E-state index in [2.05, 4.69) is 10.3 Å². The zero-order valence-electron chi connectivity index (χ0n) is 10.5. The van der Waals surface area contributed by atoms with Gasteiger partial charge < -0.3 is 10.1 Å². The predicted octanol–water partition coefficient (Wildman–Crippen LogP) is 0.139. The summed E-state index contributed by atoms with van der Waals surface area (Å²) in [6.07, 6.45) is 2.59. The maximum Gasteiger partial charge on any atom is 0.238 e. The zero-order valence-corrected chi connectivity index (χ0v) is 11.3. The Bertz CT molecular complexity index is 528. The summed E-state index contributed by atoms with van der Waals surface area (Å²) in [4.78, 5) is 15.5. The Morgan fingerprint density at radius 1 is 1.56 bits per heavy atom. The van der Waals surface area contributed by atoms with Gasteiger partial charge in [0.15, 0.2) is 9.84 Å². The van der Waals surface area contributed by atoms with E-state index in [-0.39, 0.29) is 6.54 Å². The van der Waals surface area contributed by atoms with Gasteiger partial charge in [0.05, 0.1) is 7.11 Å². The van der Waals surface area contributed by atoms with Crippen molar-refractivity contribution in [1.82, 2.24) is 10.3 Å². The van der Waals surface area contributed by atoms with Crippen LogP contribution >= 0.6 is 0 Å². The maximum absolute atomic E-state index is 11.6. The molecule has 0 bridgehead atoms. The Morgan fingerprint density at radius 3 is 2.78 bits per heavy atom. The van der Waals surface area contributed by atoms with Gasteiger partial charge in [0.1, 0.15) is 5.25 Å². The molecule has 1 rings (SSSR count). The molecule has 6 nitrogen and oxygen atoms in total. The summed E-state index contributed by atoms with van der Waals surface area (Å²) in [7, 11) is -1.87. The summed E-state index contributed by atoms with van der Waals surface area (Å²) < 4.78 is 27.3. The molecule has 0 saturated heterocycles. The predicted molar refractivity (Wildman–Crippen MR) is 66.9 cm³/mol. The van der Waals surface area contributed by atoms with E-state index in [1.165, 1.54) is 14.0 Å². The van der Waals surface area contributed by atoms with E-state index in [4.69, 9.17) is 4.74 Å². The Kier molecular flexibility index (Phi) is 4.66. The van der Waals surface area contributed by atoms with Gasteiger partial charge in [0, 0.05) is 25.1 Å². The van der Waals surface area contributed by atoms with Gasteiger partial charge in [-0.25, -0.2) is 13.4 Å². The quantitative estimate of drug-likeness (QED) is 0.824.